The molecule has 0 unspecified atom stereocenters. The zero-order valence-electron chi connectivity index (χ0n) is 15.3. The number of nitrogens with one attached hydrogen (secondary N) is 1. The minimum Gasteiger partial charge on any atom is -0.343 e. The first-order valence-electron chi connectivity index (χ1n) is 9.63. The number of nitrogens with zero attached hydrogens (tertiary/aromatic N) is 3. The molecular formula is C21H26N4O. The summed E-state index contributed by atoms with van der Waals surface area (Å²) in [4.78, 5) is 22.9. The number of rotatable bonds is 3. The Kier molecular flexibility index (Phi) is 4.98. The van der Waals surface area contributed by atoms with Gasteiger partial charge >= 0.3 is 0 Å². The van der Waals surface area contributed by atoms with E-state index in [1.165, 1.54) is 11.3 Å². The van der Waals surface area contributed by atoms with Gasteiger partial charge in [0.2, 0.25) is 5.91 Å². The van der Waals surface area contributed by atoms with Crippen LogP contribution in [0.5, 0.6) is 0 Å². The molecule has 136 valence electrons. The number of aryl methyl sites for hydroxylation is 1. The average molecular weight is 350 g/mol. The Labute approximate surface area is 154 Å². The molecule has 0 bridgehead atoms. The molecule has 5 nitrogen and oxygen atoms in total. The maximum absolute atomic E-state index is 11.5. The summed E-state index contributed by atoms with van der Waals surface area (Å²) in [5.41, 5.74) is 3.51. The van der Waals surface area contributed by atoms with Crippen molar-refractivity contribution in [2.75, 3.05) is 13.1 Å². The Bertz CT molecular complexity index is 769. The van der Waals surface area contributed by atoms with Crippen LogP contribution in [0.1, 0.15) is 49.9 Å². The standard InChI is InChI=1S/C21H26N4O/c1-15(26)25-12-10-17(11-13-25)23-19-8-5-9-20-18(19)14-22-21(24-20)16-6-3-2-4-7-16/h2-4,6-7,14,17,19,23H,5,8-13H2,1H3/t19-/m0/s1. The molecular weight excluding hydrogens is 324 g/mol. The highest BCUT2D eigenvalue weighted by molar-refractivity contribution is 5.73. The van der Waals surface area contributed by atoms with Gasteiger partial charge in [-0.15, -0.1) is 0 Å². The van der Waals surface area contributed by atoms with E-state index in [1.54, 1.807) is 6.92 Å². The summed E-state index contributed by atoms with van der Waals surface area (Å²) in [5.74, 6) is 1.01. The van der Waals surface area contributed by atoms with Crippen LogP contribution in [0, 0.1) is 0 Å². The smallest absolute Gasteiger partial charge is 0.219 e. The van der Waals surface area contributed by atoms with Gasteiger partial charge < -0.3 is 10.2 Å². The van der Waals surface area contributed by atoms with Gasteiger partial charge in [0.1, 0.15) is 0 Å². The Balaban J connectivity index is 1.47. The second-order valence-corrected chi connectivity index (χ2v) is 7.35. The molecule has 2 aromatic rings. The molecule has 1 atom stereocenters. The van der Waals surface area contributed by atoms with Crippen LogP contribution in [-0.2, 0) is 11.2 Å². The fourth-order valence-electron chi connectivity index (χ4n) is 4.09. The van der Waals surface area contributed by atoms with Crippen LogP contribution < -0.4 is 5.32 Å². The molecule has 1 aromatic carbocycles. The first kappa shape index (κ1) is 17.2. The Morgan fingerprint density at radius 2 is 1.92 bits per heavy atom. The van der Waals surface area contributed by atoms with Crippen molar-refractivity contribution < 1.29 is 4.79 Å². The highest BCUT2D eigenvalue weighted by Gasteiger charge is 2.27. The molecule has 1 saturated heterocycles. The Hall–Kier alpha value is -2.27. The third kappa shape index (κ3) is 3.63. The van der Waals surface area contributed by atoms with Crippen molar-refractivity contribution in [2.45, 2.75) is 51.1 Å². The van der Waals surface area contributed by atoms with Gasteiger partial charge in [0.25, 0.3) is 0 Å². The van der Waals surface area contributed by atoms with E-state index in [9.17, 15) is 4.79 Å². The predicted molar refractivity (Wildman–Crippen MR) is 102 cm³/mol. The molecule has 2 heterocycles. The quantitative estimate of drug-likeness (QED) is 0.924. The zero-order chi connectivity index (χ0) is 17.9. The van der Waals surface area contributed by atoms with Gasteiger partial charge in [-0.05, 0) is 32.1 Å². The molecule has 26 heavy (non-hydrogen) atoms. The second kappa shape index (κ2) is 7.54. The molecule has 1 N–H and O–H groups in total. The van der Waals surface area contributed by atoms with Gasteiger partial charge in [0.05, 0.1) is 0 Å². The van der Waals surface area contributed by atoms with Crippen molar-refractivity contribution >= 4 is 5.91 Å². The van der Waals surface area contributed by atoms with E-state index >= 15 is 0 Å². The molecule has 1 aliphatic carbocycles. The second-order valence-electron chi connectivity index (χ2n) is 7.35. The molecule has 1 amide bonds. The lowest BCUT2D eigenvalue weighted by Gasteiger charge is -2.35. The van der Waals surface area contributed by atoms with Crippen LogP contribution in [0.3, 0.4) is 0 Å². The lowest BCUT2D eigenvalue weighted by atomic mass is 9.90. The summed E-state index contributed by atoms with van der Waals surface area (Å²) < 4.78 is 0. The van der Waals surface area contributed by atoms with Gasteiger partial charge in [-0.3, -0.25) is 4.79 Å². The van der Waals surface area contributed by atoms with E-state index < -0.39 is 0 Å². The number of benzene rings is 1. The summed E-state index contributed by atoms with van der Waals surface area (Å²) in [6, 6.07) is 11.0. The first-order chi connectivity index (χ1) is 12.7. The Morgan fingerprint density at radius 1 is 1.15 bits per heavy atom. The maximum atomic E-state index is 11.5. The van der Waals surface area contributed by atoms with Crippen molar-refractivity contribution in [3.05, 3.63) is 47.8 Å². The van der Waals surface area contributed by atoms with Gasteiger partial charge in [0, 0.05) is 55.1 Å². The molecule has 2 aliphatic rings. The van der Waals surface area contributed by atoms with E-state index in [4.69, 9.17) is 4.98 Å². The molecule has 0 saturated carbocycles. The maximum Gasteiger partial charge on any atom is 0.219 e. The number of amides is 1. The van der Waals surface area contributed by atoms with Crippen molar-refractivity contribution in [3.8, 4) is 11.4 Å². The zero-order valence-corrected chi connectivity index (χ0v) is 15.3. The predicted octanol–water partition coefficient (Wildman–Crippen LogP) is 3.12. The molecule has 4 rings (SSSR count). The molecule has 0 radical (unpaired) electrons. The highest BCUT2D eigenvalue weighted by Crippen LogP contribution is 2.30. The largest absolute Gasteiger partial charge is 0.343 e. The fraction of sp³-hybridized carbons (Fsp3) is 0.476. The van der Waals surface area contributed by atoms with E-state index in [0.29, 0.717) is 12.1 Å². The van der Waals surface area contributed by atoms with Crippen LogP contribution in [0.15, 0.2) is 36.5 Å². The molecule has 1 aromatic heterocycles. The number of hydrogen-bond donors (Lipinski definition) is 1. The van der Waals surface area contributed by atoms with Crippen molar-refractivity contribution in [1.29, 1.82) is 0 Å². The Morgan fingerprint density at radius 3 is 2.65 bits per heavy atom. The van der Waals surface area contributed by atoms with Gasteiger partial charge in [-0.2, -0.15) is 0 Å². The minimum atomic E-state index is 0.188. The number of carbonyl (C=O) groups excluding carboxylic acids is 1. The lowest BCUT2D eigenvalue weighted by molar-refractivity contribution is -0.129. The molecule has 1 aliphatic heterocycles. The van der Waals surface area contributed by atoms with E-state index in [0.717, 1.165) is 56.6 Å². The first-order valence-corrected chi connectivity index (χ1v) is 9.63. The van der Waals surface area contributed by atoms with Crippen LogP contribution in [0.25, 0.3) is 11.4 Å². The fourth-order valence-corrected chi connectivity index (χ4v) is 4.09. The van der Waals surface area contributed by atoms with E-state index in [2.05, 4.69) is 22.4 Å². The lowest BCUT2D eigenvalue weighted by Crippen LogP contribution is -2.45. The third-order valence-corrected chi connectivity index (χ3v) is 5.59. The number of hydrogen-bond acceptors (Lipinski definition) is 4. The van der Waals surface area contributed by atoms with Gasteiger partial charge in [-0.1, -0.05) is 30.3 Å². The van der Waals surface area contributed by atoms with Crippen molar-refractivity contribution in [2.24, 2.45) is 0 Å². The number of piperidine rings is 1. The summed E-state index contributed by atoms with van der Waals surface area (Å²) in [5, 5.41) is 3.81. The monoisotopic (exact) mass is 350 g/mol. The van der Waals surface area contributed by atoms with Crippen molar-refractivity contribution in [3.63, 3.8) is 0 Å². The number of likely N-dealkylation sites (tertiary alicyclic amines) is 1. The van der Waals surface area contributed by atoms with Crippen LogP contribution in [0.2, 0.25) is 0 Å². The number of carbonyl (C=O) groups is 1. The third-order valence-electron chi connectivity index (χ3n) is 5.59. The number of aromatic nitrogens is 2. The van der Waals surface area contributed by atoms with E-state index in [-0.39, 0.29) is 5.91 Å². The topological polar surface area (TPSA) is 58.1 Å². The molecule has 1 fully saturated rings. The van der Waals surface area contributed by atoms with Crippen LogP contribution in [0.4, 0.5) is 0 Å². The van der Waals surface area contributed by atoms with E-state index in [1.807, 2.05) is 29.3 Å². The summed E-state index contributed by atoms with van der Waals surface area (Å²) >= 11 is 0. The SMILES string of the molecule is CC(=O)N1CCC(N[C@H]2CCCc3nc(-c4ccccc4)ncc32)CC1. The van der Waals surface area contributed by atoms with Crippen molar-refractivity contribution in [1.82, 2.24) is 20.2 Å². The summed E-state index contributed by atoms with van der Waals surface area (Å²) in [7, 11) is 0. The van der Waals surface area contributed by atoms with Gasteiger partial charge in [0.15, 0.2) is 5.82 Å². The molecule has 0 spiro atoms. The number of fused-ring (bicyclic) bond motifs is 1. The minimum absolute atomic E-state index is 0.188. The molecule has 5 heteroatoms. The highest BCUT2D eigenvalue weighted by atomic mass is 16.2. The normalized spacial score (nSPS) is 20.7. The summed E-state index contributed by atoms with van der Waals surface area (Å²) in [6.45, 7) is 3.37. The van der Waals surface area contributed by atoms with Crippen LogP contribution >= 0.6 is 0 Å². The van der Waals surface area contributed by atoms with Gasteiger partial charge in [-0.25, -0.2) is 9.97 Å². The average Bonchev–Trinajstić information content (AvgIpc) is 2.69. The summed E-state index contributed by atoms with van der Waals surface area (Å²) in [6.07, 6.45) is 7.38. The van der Waals surface area contributed by atoms with Crippen LogP contribution in [-0.4, -0.2) is 39.9 Å².